The molecule has 0 saturated heterocycles. The smallest absolute Gasteiger partial charge is 0.306 e. The van der Waals surface area contributed by atoms with Crippen LogP contribution in [0.25, 0.3) is 10.9 Å². The molecule has 1 aliphatic carbocycles. The maximum Gasteiger partial charge on any atom is 0.306 e. The lowest BCUT2D eigenvalue weighted by Crippen LogP contribution is -2.46. The van der Waals surface area contributed by atoms with Crippen LogP contribution in [-0.4, -0.2) is 28.0 Å². The summed E-state index contributed by atoms with van der Waals surface area (Å²) in [5.41, 5.74) is 2.59. The van der Waals surface area contributed by atoms with Crippen molar-refractivity contribution in [3.8, 4) is 0 Å². The summed E-state index contributed by atoms with van der Waals surface area (Å²) in [4.78, 5) is 25.9. The van der Waals surface area contributed by atoms with Crippen LogP contribution in [0.2, 0.25) is 0 Å². The number of rotatable bonds is 3. The Labute approximate surface area is 116 Å². The average Bonchev–Trinajstić information content (AvgIpc) is 2.75. The zero-order valence-electron chi connectivity index (χ0n) is 11.1. The lowest BCUT2D eigenvalue weighted by Gasteiger charge is -2.32. The first-order valence-corrected chi connectivity index (χ1v) is 6.66. The summed E-state index contributed by atoms with van der Waals surface area (Å²) in [5, 5.41) is 12.7. The van der Waals surface area contributed by atoms with Crippen LogP contribution in [0, 0.1) is 12.8 Å². The molecule has 2 aromatic rings. The molecule has 3 rings (SSSR count). The largest absolute Gasteiger partial charge is 0.481 e. The lowest BCUT2D eigenvalue weighted by atomic mass is 9.80. The number of H-pyrrole nitrogens is 1. The number of carboxylic acid groups (broad SMARTS) is 1. The van der Waals surface area contributed by atoms with Gasteiger partial charge < -0.3 is 15.4 Å². The van der Waals surface area contributed by atoms with E-state index in [-0.39, 0.29) is 17.9 Å². The van der Waals surface area contributed by atoms with E-state index in [1.165, 1.54) is 0 Å². The van der Waals surface area contributed by atoms with Gasteiger partial charge in [0.05, 0.1) is 5.92 Å². The van der Waals surface area contributed by atoms with Gasteiger partial charge >= 0.3 is 5.97 Å². The van der Waals surface area contributed by atoms with Gasteiger partial charge in [0.25, 0.3) is 5.91 Å². The summed E-state index contributed by atoms with van der Waals surface area (Å²) < 4.78 is 0. The topological polar surface area (TPSA) is 82.2 Å². The Kier molecular flexibility index (Phi) is 2.97. The van der Waals surface area contributed by atoms with Gasteiger partial charge in [-0.3, -0.25) is 9.59 Å². The number of aromatic amines is 1. The van der Waals surface area contributed by atoms with Crippen molar-refractivity contribution >= 4 is 22.8 Å². The number of carbonyl (C=O) groups excluding carboxylic acids is 1. The third-order valence-corrected chi connectivity index (χ3v) is 3.85. The number of benzene rings is 1. The molecular formula is C15H16N2O3. The predicted molar refractivity (Wildman–Crippen MR) is 74.6 cm³/mol. The zero-order chi connectivity index (χ0) is 14.3. The van der Waals surface area contributed by atoms with Crippen molar-refractivity contribution in [2.75, 3.05) is 0 Å². The van der Waals surface area contributed by atoms with Gasteiger partial charge in [0, 0.05) is 16.9 Å². The first-order valence-electron chi connectivity index (χ1n) is 6.66. The Morgan fingerprint density at radius 3 is 2.75 bits per heavy atom. The molecule has 1 fully saturated rings. The van der Waals surface area contributed by atoms with Crippen LogP contribution in [0.5, 0.6) is 0 Å². The number of amides is 1. The van der Waals surface area contributed by atoms with Crippen molar-refractivity contribution in [3.05, 3.63) is 35.5 Å². The Morgan fingerprint density at radius 1 is 1.30 bits per heavy atom. The molecule has 0 bridgehead atoms. The van der Waals surface area contributed by atoms with Crippen LogP contribution in [0.4, 0.5) is 0 Å². The van der Waals surface area contributed by atoms with Gasteiger partial charge in [0.2, 0.25) is 0 Å². The van der Waals surface area contributed by atoms with Gasteiger partial charge in [-0.1, -0.05) is 12.1 Å². The van der Waals surface area contributed by atoms with Gasteiger partial charge in [-0.2, -0.15) is 0 Å². The fourth-order valence-electron chi connectivity index (χ4n) is 2.56. The van der Waals surface area contributed by atoms with Crippen molar-refractivity contribution in [2.24, 2.45) is 5.92 Å². The van der Waals surface area contributed by atoms with Crippen molar-refractivity contribution < 1.29 is 14.7 Å². The minimum absolute atomic E-state index is 0.0308. The number of carbonyl (C=O) groups is 2. The maximum absolute atomic E-state index is 12.1. The molecule has 0 radical (unpaired) electrons. The van der Waals surface area contributed by atoms with Gasteiger partial charge in [-0.15, -0.1) is 0 Å². The highest BCUT2D eigenvalue weighted by Gasteiger charge is 2.35. The first kappa shape index (κ1) is 12.7. The summed E-state index contributed by atoms with van der Waals surface area (Å²) >= 11 is 0. The second-order valence-corrected chi connectivity index (χ2v) is 5.45. The molecule has 0 atom stereocenters. The number of hydrogen-bond donors (Lipinski definition) is 3. The van der Waals surface area contributed by atoms with Gasteiger partial charge in [-0.05, 0) is 37.5 Å². The van der Waals surface area contributed by atoms with Gasteiger partial charge in [0.1, 0.15) is 5.69 Å². The van der Waals surface area contributed by atoms with E-state index in [1.807, 2.05) is 31.2 Å². The molecule has 104 valence electrons. The fraction of sp³-hybridized carbons (Fsp3) is 0.333. The summed E-state index contributed by atoms with van der Waals surface area (Å²) in [6.07, 6.45) is 1.03. The summed E-state index contributed by atoms with van der Waals surface area (Å²) in [6.45, 7) is 2.00. The van der Waals surface area contributed by atoms with Crippen molar-refractivity contribution in [2.45, 2.75) is 25.8 Å². The molecule has 1 aromatic carbocycles. The van der Waals surface area contributed by atoms with E-state index in [2.05, 4.69) is 10.3 Å². The average molecular weight is 272 g/mol. The standard InChI is InChI=1S/C15H16N2O3/c1-8-2-3-9-7-13(17-12(9)4-8)14(18)16-11-5-10(6-11)15(19)20/h2-4,7,10-11,17H,5-6H2,1H3,(H,16,18)(H,19,20). The minimum Gasteiger partial charge on any atom is -0.481 e. The molecular weight excluding hydrogens is 256 g/mol. The SMILES string of the molecule is Cc1ccc2cc(C(=O)NC3CC(C(=O)O)C3)[nH]c2c1. The number of aryl methyl sites for hydroxylation is 1. The zero-order valence-corrected chi connectivity index (χ0v) is 11.1. The van der Waals surface area contributed by atoms with Crippen molar-refractivity contribution in [3.63, 3.8) is 0 Å². The van der Waals surface area contributed by atoms with Crippen LogP contribution in [-0.2, 0) is 4.79 Å². The van der Waals surface area contributed by atoms with Crippen LogP contribution in [0.1, 0.15) is 28.9 Å². The highest BCUT2D eigenvalue weighted by molar-refractivity contribution is 5.98. The van der Waals surface area contributed by atoms with E-state index in [1.54, 1.807) is 0 Å². The highest BCUT2D eigenvalue weighted by atomic mass is 16.4. The van der Waals surface area contributed by atoms with Crippen molar-refractivity contribution in [1.29, 1.82) is 0 Å². The Morgan fingerprint density at radius 2 is 2.05 bits per heavy atom. The Hall–Kier alpha value is -2.30. The number of carboxylic acids is 1. The van der Waals surface area contributed by atoms with Gasteiger partial charge in [-0.25, -0.2) is 0 Å². The fourth-order valence-corrected chi connectivity index (χ4v) is 2.56. The van der Waals surface area contributed by atoms with E-state index < -0.39 is 5.97 Å². The van der Waals surface area contributed by atoms with E-state index in [4.69, 9.17) is 5.11 Å². The lowest BCUT2D eigenvalue weighted by molar-refractivity contribution is -0.145. The number of aliphatic carboxylic acids is 1. The normalized spacial score (nSPS) is 21.4. The second kappa shape index (κ2) is 4.67. The van der Waals surface area contributed by atoms with E-state index in [0.29, 0.717) is 18.5 Å². The molecule has 1 aliphatic rings. The quantitative estimate of drug-likeness (QED) is 0.800. The molecule has 0 unspecified atom stereocenters. The van der Waals surface area contributed by atoms with Gasteiger partial charge in [0.15, 0.2) is 0 Å². The summed E-state index contributed by atoms with van der Waals surface area (Å²) in [6, 6.07) is 7.76. The monoisotopic (exact) mass is 272 g/mol. The van der Waals surface area contributed by atoms with Crippen molar-refractivity contribution in [1.82, 2.24) is 10.3 Å². The van der Waals surface area contributed by atoms with Crippen LogP contribution >= 0.6 is 0 Å². The van der Waals surface area contributed by atoms with Crippen LogP contribution in [0.3, 0.4) is 0 Å². The molecule has 0 spiro atoms. The van der Waals surface area contributed by atoms with Crippen LogP contribution in [0.15, 0.2) is 24.3 Å². The predicted octanol–water partition coefficient (Wildman–Crippen LogP) is 2.07. The second-order valence-electron chi connectivity index (χ2n) is 5.45. The third kappa shape index (κ3) is 2.27. The molecule has 0 aliphatic heterocycles. The maximum atomic E-state index is 12.1. The number of nitrogens with one attached hydrogen (secondary N) is 2. The number of aromatic nitrogens is 1. The van der Waals surface area contributed by atoms with E-state index >= 15 is 0 Å². The third-order valence-electron chi connectivity index (χ3n) is 3.85. The molecule has 5 nitrogen and oxygen atoms in total. The molecule has 1 saturated carbocycles. The molecule has 3 N–H and O–H groups in total. The summed E-state index contributed by atoms with van der Waals surface area (Å²) in [5.74, 6) is -1.27. The number of fused-ring (bicyclic) bond motifs is 1. The highest BCUT2D eigenvalue weighted by Crippen LogP contribution is 2.27. The van der Waals surface area contributed by atoms with Crippen LogP contribution < -0.4 is 5.32 Å². The first-order chi connectivity index (χ1) is 9.52. The minimum atomic E-state index is -0.781. The molecule has 20 heavy (non-hydrogen) atoms. The Bertz CT molecular complexity index is 683. The molecule has 1 aromatic heterocycles. The summed E-state index contributed by atoms with van der Waals surface area (Å²) in [7, 11) is 0. The van der Waals surface area contributed by atoms with E-state index in [0.717, 1.165) is 16.5 Å². The number of hydrogen-bond acceptors (Lipinski definition) is 2. The van der Waals surface area contributed by atoms with E-state index in [9.17, 15) is 9.59 Å². The molecule has 1 heterocycles. The molecule has 1 amide bonds. The Balaban J connectivity index is 1.69. The molecule has 5 heteroatoms.